The maximum Gasteiger partial charge on any atom is 0.240 e. The van der Waals surface area contributed by atoms with E-state index in [0.29, 0.717) is 17.7 Å². The van der Waals surface area contributed by atoms with Crippen LogP contribution in [0, 0.1) is 12.8 Å². The van der Waals surface area contributed by atoms with E-state index in [0.717, 1.165) is 12.8 Å². The average molecular weight is 340 g/mol. The number of amides is 1. The normalized spacial score (nSPS) is 17.6. The predicted octanol–water partition coefficient (Wildman–Crippen LogP) is 1.78. The molecule has 1 aliphatic rings. The SMILES string of the molecule is CCC(=O)Nc1ccc(S(=O)(=O)NCC(C)(O)C2CC2)c(C)c1. The summed E-state index contributed by atoms with van der Waals surface area (Å²) in [5.41, 5.74) is 0.0893. The first-order valence-electron chi connectivity index (χ1n) is 7.78. The van der Waals surface area contributed by atoms with Gasteiger partial charge in [0.2, 0.25) is 15.9 Å². The fourth-order valence-electron chi connectivity index (χ4n) is 2.45. The lowest BCUT2D eigenvalue weighted by Crippen LogP contribution is -2.42. The highest BCUT2D eigenvalue weighted by Crippen LogP contribution is 2.39. The van der Waals surface area contributed by atoms with Crippen LogP contribution >= 0.6 is 0 Å². The van der Waals surface area contributed by atoms with Crippen LogP contribution in [0.25, 0.3) is 0 Å². The lowest BCUT2D eigenvalue weighted by molar-refractivity contribution is -0.115. The second-order valence-electron chi connectivity index (χ2n) is 6.34. The van der Waals surface area contributed by atoms with Gasteiger partial charge in [-0.05, 0) is 56.4 Å². The van der Waals surface area contributed by atoms with Crippen molar-refractivity contribution in [2.75, 3.05) is 11.9 Å². The third-order valence-electron chi connectivity index (χ3n) is 4.15. The van der Waals surface area contributed by atoms with Crippen molar-refractivity contribution >= 4 is 21.6 Å². The molecule has 0 heterocycles. The number of hydrogen-bond donors (Lipinski definition) is 3. The molecule has 1 unspecified atom stereocenters. The third kappa shape index (κ3) is 4.53. The lowest BCUT2D eigenvalue weighted by atomic mass is 10.0. The molecular weight excluding hydrogens is 316 g/mol. The molecule has 0 bridgehead atoms. The number of carbonyl (C=O) groups is 1. The molecule has 7 heteroatoms. The van der Waals surface area contributed by atoms with Crippen LogP contribution in [-0.2, 0) is 14.8 Å². The molecule has 0 radical (unpaired) electrons. The summed E-state index contributed by atoms with van der Waals surface area (Å²) >= 11 is 0. The summed E-state index contributed by atoms with van der Waals surface area (Å²) in [5, 5.41) is 12.9. The molecule has 128 valence electrons. The zero-order valence-corrected chi connectivity index (χ0v) is 14.5. The topological polar surface area (TPSA) is 95.5 Å². The van der Waals surface area contributed by atoms with E-state index < -0.39 is 15.6 Å². The molecule has 3 N–H and O–H groups in total. The Balaban J connectivity index is 2.11. The number of benzene rings is 1. The number of sulfonamides is 1. The number of hydrogen-bond acceptors (Lipinski definition) is 4. The van der Waals surface area contributed by atoms with Crippen molar-refractivity contribution in [1.82, 2.24) is 4.72 Å². The summed E-state index contributed by atoms with van der Waals surface area (Å²) in [6, 6.07) is 4.66. The van der Waals surface area contributed by atoms with Gasteiger partial charge in [0.05, 0.1) is 10.5 Å². The first-order valence-corrected chi connectivity index (χ1v) is 9.26. The van der Waals surface area contributed by atoms with Gasteiger partial charge in [-0.15, -0.1) is 0 Å². The second kappa shape index (κ2) is 6.59. The zero-order valence-electron chi connectivity index (χ0n) is 13.7. The Kier molecular flexibility index (Phi) is 5.13. The molecule has 2 rings (SSSR count). The van der Waals surface area contributed by atoms with Gasteiger partial charge in [-0.25, -0.2) is 13.1 Å². The summed E-state index contributed by atoms with van der Waals surface area (Å²) in [4.78, 5) is 11.5. The van der Waals surface area contributed by atoms with Gasteiger partial charge in [-0.3, -0.25) is 4.79 Å². The molecule has 1 aromatic carbocycles. The number of rotatable bonds is 7. The highest BCUT2D eigenvalue weighted by atomic mass is 32.2. The Morgan fingerprint density at radius 1 is 1.39 bits per heavy atom. The quantitative estimate of drug-likeness (QED) is 0.705. The molecule has 23 heavy (non-hydrogen) atoms. The van der Waals surface area contributed by atoms with Crippen molar-refractivity contribution in [3.8, 4) is 0 Å². The summed E-state index contributed by atoms with van der Waals surface area (Å²) < 4.78 is 27.3. The molecule has 0 aromatic heterocycles. The first-order chi connectivity index (χ1) is 10.7. The van der Waals surface area contributed by atoms with Crippen molar-refractivity contribution in [2.45, 2.75) is 50.5 Å². The van der Waals surface area contributed by atoms with Crippen molar-refractivity contribution in [1.29, 1.82) is 0 Å². The van der Waals surface area contributed by atoms with Gasteiger partial charge in [0.25, 0.3) is 0 Å². The molecule has 0 saturated heterocycles. The number of aliphatic hydroxyl groups is 1. The molecule has 1 amide bonds. The monoisotopic (exact) mass is 340 g/mol. The highest BCUT2D eigenvalue weighted by molar-refractivity contribution is 7.89. The molecule has 0 aliphatic heterocycles. The van der Waals surface area contributed by atoms with Gasteiger partial charge in [-0.2, -0.15) is 0 Å². The minimum atomic E-state index is -3.70. The molecule has 1 atom stereocenters. The van der Waals surface area contributed by atoms with Gasteiger partial charge < -0.3 is 10.4 Å². The first kappa shape index (κ1) is 17.9. The van der Waals surface area contributed by atoms with Crippen LogP contribution in [-0.4, -0.2) is 31.6 Å². The molecule has 1 fully saturated rings. The Morgan fingerprint density at radius 3 is 2.57 bits per heavy atom. The molecule has 1 aromatic rings. The van der Waals surface area contributed by atoms with E-state index in [-0.39, 0.29) is 23.3 Å². The largest absolute Gasteiger partial charge is 0.389 e. The Labute approximate surface area is 137 Å². The van der Waals surface area contributed by atoms with Crippen LogP contribution in [0.4, 0.5) is 5.69 Å². The Hall–Kier alpha value is -1.44. The average Bonchev–Trinajstić information content (AvgIpc) is 3.30. The Morgan fingerprint density at radius 2 is 2.04 bits per heavy atom. The molecule has 1 saturated carbocycles. The van der Waals surface area contributed by atoms with E-state index in [1.54, 1.807) is 32.9 Å². The van der Waals surface area contributed by atoms with Crippen LogP contribution in [0.15, 0.2) is 23.1 Å². The standard InChI is InChI=1S/C16H24N2O4S/c1-4-15(19)18-13-7-8-14(11(2)9-13)23(21,22)17-10-16(3,20)12-5-6-12/h7-9,12,17,20H,4-6,10H2,1-3H3,(H,18,19). The van der Waals surface area contributed by atoms with Crippen LogP contribution in [0.3, 0.4) is 0 Å². The maximum atomic E-state index is 12.4. The van der Waals surface area contributed by atoms with E-state index in [9.17, 15) is 18.3 Å². The van der Waals surface area contributed by atoms with E-state index in [1.165, 1.54) is 6.07 Å². The molecular formula is C16H24N2O4S. The van der Waals surface area contributed by atoms with Gasteiger partial charge >= 0.3 is 0 Å². The van der Waals surface area contributed by atoms with Crippen molar-refractivity contribution in [2.24, 2.45) is 5.92 Å². The predicted molar refractivity (Wildman–Crippen MR) is 88.6 cm³/mol. The van der Waals surface area contributed by atoms with Gasteiger partial charge in [0, 0.05) is 18.7 Å². The van der Waals surface area contributed by atoms with Gasteiger partial charge in [0.1, 0.15) is 0 Å². The molecule has 0 spiro atoms. The zero-order chi connectivity index (χ0) is 17.3. The van der Waals surface area contributed by atoms with Crippen LogP contribution in [0.5, 0.6) is 0 Å². The summed E-state index contributed by atoms with van der Waals surface area (Å²) in [5.74, 6) is 0.0385. The van der Waals surface area contributed by atoms with E-state index in [1.807, 2.05) is 0 Å². The van der Waals surface area contributed by atoms with Gasteiger partial charge in [0.15, 0.2) is 0 Å². The molecule has 6 nitrogen and oxygen atoms in total. The maximum absolute atomic E-state index is 12.4. The smallest absolute Gasteiger partial charge is 0.240 e. The van der Waals surface area contributed by atoms with Crippen molar-refractivity contribution in [3.05, 3.63) is 23.8 Å². The Bertz CT molecular complexity index is 694. The van der Waals surface area contributed by atoms with Crippen molar-refractivity contribution in [3.63, 3.8) is 0 Å². The van der Waals surface area contributed by atoms with E-state index >= 15 is 0 Å². The minimum absolute atomic E-state index is 0.00619. The summed E-state index contributed by atoms with van der Waals surface area (Å²) in [7, 11) is -3.70. The fourth-order valence-corrected chi connectivity index (χ4v) is 3.81. The number of aryl methyl sites for hydroxylation is 1. The lowest BCUT2D eigenvalue weighted by Gasteiger charge is -2.23. The van der Waals surface area contributed by atoms with E-state index in [2.05, 4.69) is 10.0 Å². The fraction of sp³-hybridized carbons (Fsp3) is 0.562. The summed E-state index contributed by atoms with van der Waals surface area (Å²) in [6.45, 7) is 5.07. The second-order valence-corrected chi connectivity index (χ2v) is 8.07. The van der Waals surface area contributed by atoms with Gasteiger partial charge in [-0.1, -0.05) is 6.92 Å². The van der Waals surface area contributed by atoms with Crippen LogP contribution < -0.4 is 10.0 Å². The van der Waals surface area contributed by atoms with Crippen LogP contribution in [0.1, 0.15) is 38.7 Å². The number of nitrogens with one attached hydrogen (secondary N) is 2. The number of carbonyl (C=O) groups excluding carboxylic acids is 1. The van der Waals surface area contributed by atoms with Crippen molar-refractivity contribution < 1.29 is 18.3 Å². The van der Waals surface area contributed by atoms with Crippen LogP contribution in [0.2, 0.25) is 0 Å². The van der Waals surface area contributed by atoms with E-state index in [4.69, 9.17) is 0 Å². The third-order valence-corrected chi connectivity index (χ3v) is 5.71. The minimum Gasteiger partial charge on any atom is -0.389 e. The highest BCUT2D eigenvalue weighted by Gasteiger charge is 2.40. The molecule has 1 aliphatic carbocycles. The number of anilines is 1. The summed E-state index contributed by atoms with van der Waals surface area (Å²) in [6.07, 6.45) is 2.22.